The van der Waals surface area contributed by atoms with Gasteiger partial charge in [0.25, 0.3) is 0 Å². The van der Waals surface area contributed by atoms with Crippen molar-refractivity contribution in [2.24, 2.45) is 5.92 Å². The Balaban J connectivity index is 1.20. The number of carbonyl (C=O) groups is 1. The van der Waals surface area contributed by atoms with Crippen molar-refractivity contribution < 1.29 is 18.3 Å². The molecule has 30 heavy (non-hydrogen) atoms. The van der Waals surface area contributed by atoms with Crippen LogP contribution in [0.2, 0.25) is 0 Å². The third-order valence-corrected chi connectivity index (χ3v) is 5.70. The van der Waals surface area contributed by atoms with E-state index in [9.17, 15) is 13.6 Å². The molecule has 0 spiro atoms. The SMILES string of the molecule is O=C(CCc1ccc(OC2CCN(CC3CC3)CC2)nc1)Nc1c(F)cccc1F. The number of benzene rings is 1. The Hall–Kier alpha value is -2.54. The third-order valence-electron chi connectivity index (χ3n) is 5.70. The molecular formula is C23H27F2N3O2. The van der Waals surface area contributed by atoms with Crippen molar-refractivity contribution in [3.63, 3.8) is 0 Å². The van der Waals surface area contributed by atoms with E-state index in [1.165, 1.54) is 25.5 Å². The number of hydrogen-bond donors (Lipinski definition) is 1. The Bertz CT molecular complexity index is 843. The first-order valence-electron chi connectivity index (χ1n) is 10.6. The summed E-state index contributed by atoms with van der Waals surface area (Å²) in [5.74, 6) is -0.506. The van der Waals surface area contributed by atoms with Gasteiger partial charge in [0.15, 0.2) is 0 Å². The Morgan fingerprint density at radius 3 is 2.47 bits per heavy atom. The van der Waals surface area contributed by atoms with Crippen molar-refractivity contribution in [1.82, 2.24) is 9.88 Å². The first-order chi connectivity index (χ1) is 14.6. The zero-order valence-corrected chi connectivity index (χ0v) is 16.9. The van der Waals surface area contributed by atoms with Gasteiger partial charge in [-0.1, -0.05) is 12.1 Å². The minimum atomic E-state index is -0.787. The van der Waals surface area contributed by atoms with E-state index in [0.29, 0.717) is 12.3 Å². The molecule has 1 amide bonds. The zero-order chi connectivity index (χ0) is 20.9. The first kappa shape index (κ1) is 20.7. The normalized spacial score (nSPS) is 17.7. The van der Waals surface area contributed by atoms with Crippen molar-refractivity contribution in [2.45, 2.75) is 44.6 Å². The number of pyridine rings is 1. The second-order valence-corrected chi connectivity index (χ2v) is 8.21. The van der Waals surface area contributed by atoms with Gasteiger partial charge in [0.1, 0.15) is 23.4 Å². The van der Waals surface area contributed by atoms with Crippen molar-refractivity contribution in [3.05, 3.63) is 53.7 Å². The number of halogens is 2. The molecule has 1 N–H and O–H groups in total. The molecule has 0 radical (unpaired) electrons. The number of likely N-dealkylation sites (tertiary alicyclic amines) is 1. The summed E-state index contributed by atoms with van der Waals surface area (Å²) in [7, 11) is 0. The molecule has 160 valence electrons. The Morgan fingerprint density at radius 2 is 1.83 bits per heavy atom. The lowest BCUT2D eigenvalue weighted by atomic mass is 10.1. The third kappa shape index (κ3) is 5.75. The average Bonchev–Trinajstić information content (AvgIpc) is 3.56. The highest BCUT2D eigenvalue weighted by atomic mass is 19.1. The number of rotatable bonds is 8. The fourth-order valence-corrected chi connectivity index (χ4v) is 3.75. The van der Waals surface area contributed by atoms with Crippen LogP contribution >= 0.6 is 0 Å². The molecule has 2 fully saturated rings. The number of ether oxygens (including phenoxy) is 1. The minimum Gasteiger partial charge on any atom is -0.474 e. The van der Waals surface area contributed by atoms with E-state index in [4.69, 9.17) is 4.74 Å². The van der Waals surface area contributed by atoms with Crippen molar-refractivity contribution in [1.29, 1.82) is 0 Å². The second kappa shape index (κ2) is 9.51. The van der Waals surface area contributed by atoms with Gasteiger partial charge in [0, 0.05) is 38.3 Å². The Labute approximate surface area is 175 Å². The van der Waals surface area contributed by atoms with Gasteiger partial charge in [0.05, 0.1) is 0 Å². The van der Waals surface area contributed by atoms with E-state index in [2.05, 4.69) is 15.2 Å². The van der Waals surface area contributed by atoms with E-state index in [0.717, 1.165) is 49.5 Å². The largest absolute Gasteiger partial charge is 0.474 e. The number of amides is 1. The fourth-order valence-electron chi connectivity index (χ4n) is 3.75. The van der Waals surface area contributed by atoms with Crippen LogP contribution in [0.1, 0.15) is 37.7 Å². The van der Waals surface area contributed by atoms with Crippen LogP contribution in [-0.2, 0) is 11.2 Å². The van der Waals surface area contributed by atoms with E-state index in [1.807, 2.05) is 12.1 Å². The van der Waals surface area contributed by atoms with Gasteiger partial charge < -0.3 is 15.0 Å². The van der Waals surface area contributed by atoms with Gasteiger partial charge in [0.2, 0.25) is 11.8 Å². The van der Waals surface area contributed by atoms with Gasteiger partial charge in [-0.05, 0) is 55.7 Å². The molecule has 1 aromatic carbocycles. The molecular weight excluding hydrogens is 388 g/mol. The van der Waals surface area contributed by atoms with Gasteiger partial charge in [-0.2, -0.15) is 0 Å². The summed E-state index contributed by atoms with van der Waals surface area (Å²) in [4.78, 5) is 18.9. The standard InChI is InChI=1S/C23H27F2N3O2/c24-19-2-1-3-20(25)23(19)27-21(29)8-6-16-7-9-22(26-14-16)30-18-10-12-28(13-11-18)15-17-4-5-17/h1-3,7,9,14,17-18H,4-6,8,10-13,15H2,(H,27,29). The van der Waals surface area contributed by atoms with Crippen LogP contribution in [-0.4, -0.2) is 41.5 Å². The maximum absolute atomic E-state index is 13.6. The highest BCUT2D eigenvalue weighted by Crippen LogP contribution is 2.30. The smallest absolute Gasteiger partial charge is 0.224 e. The summed E-state index contributed by atoms with van der Waals surface area (Å²) in [5, 5.41) is 2.30. The summed E-state index contributed by atoms with van der Waals surface area (Å²) in [6.07, 6.45) is 7.22. The lowest BCUT2D eigenvalue weighted by Crippen LogP contribution is -2.39. The number of nitrogens with zero attached hydrogens (tertiary/aromatic N) is 2. The number of hydrogen-bond acceptors (Lipinski definition) is 4. The van der Waals surface area contributed by atoms with E-state index < -0.39 is 23.2 Å². The molecule has 1 saturated carbocycles. The Morgan fingerprint density at radius 1 is 1.10 bits per heavy atom. The maximum atomic E-state index is 13.6. The van der Waals surface area contributed by atoms with Crippen LogP contribution in [0.3, 0.4) is 0 Å². The van der Waals surface area contributed by atoms with Crippen molar-refractivity contribution in [3.8, 4) is 5.88 Å². The van der Waals surface area contributed by atoms with Crippen LogP contribution < -0.4 is 10.1 Å². The number of aryl methyl sites for hydroxylation is 1. The molecule has 1 aliphatic heterocycles. The maximum Gasteiger partial charge on any atom is 0.224 e. The average molecular weight is 415 g/mol. The van der Waals surface area contributed by atoms with Crippen molar-refractivity contribution >= 4 is 11.6 Å². The van der Waals surface area contributed by atoms with E-state index in [-0.39, 0.29) is 12.5 Å². The van der Waals surface area contributed by atoms with Crippen LogP contribution in [0, 0.1) is 17.6 Å². The van der Waals surface area contributed by atoms with Gasteiger partial charge in [-0.3, -0.25) is 4.79 Å². The van der Waals surface area contributed by atoms with Crippen molar-refractivity contribution in [2.75, 3.05) is 25.0 Å². The Kier molecular flexibility index (Phi) is 6.57. The molecule has 0 bridgehead atoms. The first-order valence-corrected chi connectivity index (χ1v) is 10.6. The minimum absolute atomic E-state index is 0.106. The number of anilines is 1. The molecule has 0 atom stereocenters. The molecule has 0 unspecified atom stereocenters. The lowest BCUT2D eigenvalue weighted by molar-refractivity contribution is -0.116. The molecule has 5 nitrogen and oxygen atoms in total. The van der Waals surface area contributed by atoms with Crippen LogP contribution in [0.4, 0.5) is 14.5 Å². The quantitative estimate of drug-likeness (QED) is 0.703. The summed E-state index contributed by atoms with van der Waals surface area (Å²) < 4.78 is 33.2. The summed E-state index contributed by atoms with van der Waals surface area (Å²) in [5.41, 5.74) is 0.457. The molecule has 2 aromatic rings. The molecule has 4 rings (SSSR count). The van der Waals surface area contributed by atoms with E-state index >= 15 is 0 Å². The van der Waals surface area contributed by atoms with Crippen LogP contribution in [0.25, 0.3) is 0 Å². The molecule has 1 aliphatic carbocycles. The zero-order valence-electron chi connectivity index (χ0n) is 16.9. The lowest BCUT2D eigenvalue weighted by Gasteiger charge is -2.31. The second-order valence-electron chi connectivity index (χ2n) is 8.21. The number of para-hydroxylation sites is 1. The topological polar surface area (TPSA) is 54.5 Å². The summed E-state index contributed by atoms with van der Waals surface area (Å²) in [6.45, 7) is 3.39. The van der Waals surface area contributed by atoms with Gasteiger partial charge in [-0.15, -0.1) is 0 Å². The van der Waals surface area contributed by atoms with Gasteiger partial charge >= 0.3 is 0 Å². The monoisotopic (exact) mass is 415 g/mol. The molecule has 2 aliphatic rings. The van der Waals surface area contributed by atoms with Crippen LogP contribution in [0.15, 0.2) is 36.5 Å². The fraction of sp³-hybridized carbons (Fsp3) is 0.478. The predicted molar refractivity (Wildman–Crippen MR) is 110 cm³/mol. The molecule has 1 saturated heterocycles. The molecule has 1 aromatic heterocycles. The number of nitrogens with one attached hydrogen (secondary N) is 1. The predicted octanol–water partition coefficient (Wildman–Crippen LogP) is 4.18. The van der Waals surface area contributed by atoms with E-state index in [1.54, 1.807) is 6.20 Å². The number of carbonyl (C=O) groups excluding carboxylic acids is 1. The number of piperidine rings is 1. The van der Waals surface area contributed by atoms with Crippen LogP contribution in [0.5, 0.6) is 5.88 Å². The summed E-state index contributed by atoms with van der Waals surface area (Å²) >= 11 is 0. The highest BCUT2D eigenvalue weighted by molar-refractivity contribution is 5.91. The highest BCUT2D eigenvalue weighted by Gasteiger charge is 2.27. The molecule has 2 heterocycles. The summed E-state index contributed by atoms with van der Waals surface area (Å²) in [6, 6.07) is 7.17. The van der Waals surface area contributed by atoms with Gasteiger partial charge in [-0.25, -0.2) is 13.8 Å². The number of aromatic nitrogens is 1. The molecule has 7 heteroatoms.